The minimum absolute atomic E-state index is 0.570. The summed E-state index contributed by atoms with van der Waals surface area (Å²) in [6.07, 6.45) is 0. The first-order valence-electron chi connectivity index (χ1n) is 5.50. The van der Waals surface area contributed by atoms with Gasteiger partial charge < -0.3 is 15.2 Å². The first-order valence-corrected chi connectivity index (χ1v) is 6.29. The molecule has 0 unspecified atom stereocenters. The molecule has 4 heteroatoms. The van der Waals surface area contributed by atoms with Crippen molar-refractivity contribution in [1.29, 1.82) is 0 Å². The number of hydrogen-bond acceptors (Lipinski definition) is 3. The van der Waals surface area contributed by atoms with Crippen LogP contribution in [-0.2, 0) is 11.3 Å². The third kappa shape index (κ3) is 3.24. The summed E-state index contributed by atoms with van der Waals surface area (Å²) >= 11 is 3.42. The van der Waals surface area contributed by atoms with Crippen LogP contribution < -0.4 is 10.5 Å². The summed E-state index contributed by atoms with van der Waals surface area (Å²) in [6.45, 7) is 0.570. The summed E-state index contributed by atoms with van der Waals surface area (Å²) in [4.78, 5) is 0. The smallest absolute Gasteiger partial charge is 0.141 e. The first kappa shape index (κ1) is 12.9. The number of nitrogen functional groups attached to an aromatic ring is 1. The standard InChI is InChI=1S/C14H14BrNO2/c1-17-9-10-3-2-4-12(7-10)18-14-6-5-11(16)8-13(14)15/h2-8H,9,16H2,1H3. The van der Waals surface area contributed by atoms with Crippen molar-refractivity contribution in [2.75, 3.05) is 12.8 Å². The second-order valence-electron chi connectivity index (χ2n) is 3.87. The normalized spacial score (nSPS) is 10.3. The highest BCUT2D eigenvalue weighted by Crippen LogP contribution is 2.31. The summed E-state index contributed by atoms with van der Waals surface area (Å²) in [5.74, 6) is 1.51. The molecule has 18 heavy (non-hydrogen) atoms. The Balaban J connectivity index is 2.20. The lowest BCUT2D eigenvalue weighted by Crippen LogP contribution is -1.91. The number of methoxy groups -OCH3 is 1. The molecule has 3 nitrogen and oxygen atoms in total. The Morgan fingerprint density at radius 3 is 2.72 bits per heavy atom. The predicted molar refractivity (Wildman–Crippen MR) is 75.8 cm³/mol. The maximum absolute atomic E-state index is 5.79. The minimum Gasteiger partial charge on any atom is -0.456 e. The van der Waals surface area contributed by atoms with E-state index in [4.69, 9.17) is 15.2 Å². The molecule has 0 saturated heterocycles. The van der Waals surface area contributed by atoms with Gasteiger partial charge in [0.2, 0.25) is 0 Å². The third-order valence-electron chi connectivity index (χ3n) is 2.39. The second-order valence-corrected chi connectivity index (χ2v) is 4.73. The molecule has 0 bridgehead atoms. The lowest BCUT2D eigenvalue weighted by molar-refractivity contribution is 0.184. The zero-order chi connectivity index (χ0) is 13.0. The minimum atomic E-state index is 0.570. The molecular formula is C14H14BrNO2. The van der Waals surface area contributed by atoms with Gasteiger partial charge in [0, 0.05) is 12.8 Å². The number of anilines is 1. The first-order chi connectivity index (χ1) is 8.69. The zero-order valence-electron chi connectivity index (χ0n) is 10.0. The molecule has 94 valence electrons. The number of benzene rings is 2. The van der Waals surface area contributed by atoms with E-state index in [0.717, 1.165) is 21.5 Å². The summed E-state index contributed by atoms with van der Waals surface area (Å²) in [5.41, 5.74) is 7.45. The van der Waals surface area contributed by atoms with Crippen LogP contribution in [0.15, 0.2) is 46.9 Å². The van der Waals surface area contributed by atoms with E-state index in [0.29, 0.717) is 12.3 Å². The van der Waals surface area contributed by atoms with E-state index < -0.39 is 0 Å². The molecule has 0 aliphatic heterocycles. The SMILES string of the molecule is COCc1cccc(Oc2ccc(N)cc2Br)c1. The molecule has 0 heterocycles. The van der Waals surface area contributed by atoms with Crippen LogP contribution in [0.3, 0.4) is 0 Å². The van der Waals surface area contributed by atoms with Gasteiger partial charge in [-0.1, -0.05) is 12.1 Å². The Labute approximate surface area is 115 Å². The average Bonchev–Trinajstić information content (AvgIpc) is 2.34. The predicted octanol–water partition coefficient (Wildman–Crippen LogP) is 3.97. The molecule has 0 amide bonds. The molecule has 0 radical (unpaired) electrons. The fourth-order valence-corrected chi connectivity index (χ4v) is 2.07. The fourth-order valence-electron chi connectivity index (χ4n) is 1.59. The van der Waals surface area contributed by atoms with Gasteiger partial charge in [-0.3, -0.25) is 0 Å². The number of halogens is 1. The van der Waals surface area contributed by atoms with E-state index in [1.54, 1.807) is 13.2 Å². The van der Waals surface area contributed by atoms with Gasteiger partial charge in [0.05, 0.1) is 11.1 Å². The van der Waals surface area contributed by atoms with Crippen LogP contribution in [0, 0.1) is 0 Å². The average molecular weight is 308 g/mol. The maximum atomic E-state index is 5.79. The monoisotopic (exact) mass is 307 g/mol. The van der Waals surface area contributed by atoms with Crippen molar-refractivity contribution >= 4 is 21.6 Å². The van der Waals surface area contributed by atoms with Crippen molar-refractivity contribution in [2.45, 2.75) is 6.61 Å². The quantitative estimate of drug-likeness (QED) is 0.869. The van der Waals surface area contributed by atoms with Crippen LogP contribution >= 0.6 is 15.9 Å². The van der Waals surface area contributed by atoms with E-state index >= 15 is 0 Å². The Morgan fingerprint density at radius 1 is 1.17 bits per heavy atom. The van der Waals surface area contributed by atoms with Crippen LogP contribution in [0.2, 0.25) is 0 Å². The van der Waals surface area contributed by atoms with Gasteiger partial charge in [-0.2, -0.15) is 0 Å². The molecule has 2 rings (SSSR count). The number of hydrogen-bond donors (Lipinski definition) is 1. The van der Waals surface area contributed by atoms with E-state index in [1.807, 2.05) is 36.4 Å². The molecule has 2 aromatic rings. The van der Waals surface area contributed by atoms with Crippen LogP contribution in [-0.4, -0.2) is 7.11 Å². The molecule has 0 spiro atoms. The van der Waals surface area contributed by atoms with Gasteiger partial charge in [-0.15, -0.1) is 0 Å². The number of nitrogens with two attached hydrogens (primary N) is 1. The summed E-state index contributed by atoms with van der Waals surface area (Å²) in [6, 6.07) is 13.2. The van der Waals surface area contributed by atoms with Crippen LogP contribution in [0.4, 0.5) is 5.69 Å². The summed E-state index contributed by atoms with van der Waals surface area (Å²) in [7, 11) is 1.67. The van der Waals surface area contributed by atoms with E-state index in [-0.39, 0.29) is 0 Å². The molecule has 0 aromatic heterocycles. The zero-order valence-corrected chi connectivity index (χ0v) is 11.6. The highest BCUT2D eigenvalue weighted by atomic mass is 79.9. The summed E-state index contributed by atoms with van der Waals surface area (Å²) < 4.78 is 11.7. The van der Waals surface area contributed by atoms with Crippen LogP contribution in [0.1, 0.15) is 5.56 Å². The molecule has 0 fully saturated rings. The van der Waals surface area contributed by atoms with Crippen molar-refractivity contribution in [2.24, 2.45) is 0 Å². The van der Waals surface area contributed by atoms with Crippen LogP contribution in [0.25, 0.3) is 0 Å². The number of ether oxygens (including phenoxy) is 2. The van der Waals surface area contributed by atoms with Gasteiger partial charge in [-0.25, -0.2) is 0 Å². The highest BCUT2D eigenvalue weighted by molar-refractivity contribution is 9.10. The molecular weight excluding hydrogens is 294 g/mol. The van der Waals surface area contributed by atoms with Gasteiger partial charge >= 0.3 is 0 Å². The molecule has 2 aromatic carbocycles. The van der Waals surface area contributed by atoms with Crippen molar-refractivity contribution in [3.63, 3.8) is 0 Å². The molecule has 0 saturated carbocycles. The molecule has 2 N–H and O–H groups in total. The Hall–Kier alpha value is -1.52. The van der Waals surface area contributed by atoms with Gasteiger partial charge in [0.15, 0.2) is 0 Å². The van der Waals surface area contributed by atoms with E-state index in [2.05, 4.69) is 15.9 Å². The maximum Gasteiger partial charge on any atom is 0.141 e. The number of rotatable bonds is 4. The Morgan fingerprint density at radius 2 is 2.00 bits per heavy atom. The van der Waals surface area contributed by atoms with Crippen molar-refractivity contribution in [3.8, 4) is 11.5 Å². The van der Waals surface area contributed by atoms with Gasteiger partial charge in [0.25, 0.3) is 0 Å². The van der Waals surface area contributed by atoms with E-state index in [9.17, 15) is 0 Å². The second kappa shape index (κ2) is 5.89. The largest absolute Gasteiger partial charge is 0.456 e. The Bertz CT molecular complexity index is 543. The summed E-state index contributed by atoms with van der Waals surface area (Å²) in [5, 5.41) is 0. The van der Waals surface area contributed by atoms with E-state index in [1.165, 1.54) is 0 Å². The van der Waals surface area contributed by atoms with Gasteiger partial charge in [-0.05, 0) is 51.8 Å². The lowest BCUT2D eigenvalue weighted by atomic mass is 10.2. The Kier molecular flexibility index (Phi) is 4.23. The highest BCUT2D eigenvalue weighted by Gasteiger charge is 2.03. The van der Waals surface area contributed by atoms with Crippen LogP contribution in [0.5, 0.6) is 11.5 Å². The van der Waals surface area contributed by atoms with Crippen molar-refractivity contribution in [3.05, 3.63) is 52.5 Å². The molecule has 0 aliphatic rings. The fraction of sp³-hybridized carbons (Fsp3) is 0.143. The van der Waals surface area contributed by atoms with Crippen molar-refractivity contribution < 1.29 is 9.47 Å². The van der Waals surface area contributed by atoms with Gasteiger partial charge in [0.1, 0.15) is 11.5 Å². The lowest BCUT2D eigenvalue weighted by Gasteiger charge is -2.09. The third-order valence-corrected chi connectivity index (χ3v) is 3.01. The topological polar surface area (TPSA) is 44.5 Å². The molecule has 0 aliphatic carbocycles. The van der Waals surface area contributed by atoms with Crippen molar-refractivity contribution in [1.82, 2.24) is 0 Å². The molecule has 0 atom stereocenters.